The van der Waals surface area contributed by atoms with Gasteiger partial charge in [0.15, 0.2) is 6.10 Å². The summed E-state index contributed by atoms with van der Waals surface area (Å²) in [4.78, 5) is 28.6. The van der Waals surface area contributed by atoms with Gasteiger partial charge in [-0.05, 0) is 62.4 Å². The number of thiophene rings is 1. The number of hydrogen-bond donors (Lipinski definition) is 1. The predicted molar refractivity (Wildman–Crippen MR) is 114 cm³/mol. The molecule has 0 bridgehead atoms. The summed E-state index contributed by atoms with van der Waals surface area (Å²) in [6.07, 6.45) is 3.36. The number of carbonyl (C=O) groups is 2. The third-order valence-corrected chi connectivity index (χ3v) is 6.53. The Labute approximate surface area is 174 Å². The first-order valence-electron chi connectivity index (χ1n) is 10.2. The molecular weight excluding hydrogens is 388 g/mol. The SMILES string of the molecule is C[C@H](OC(=O)c1csc2c1CCCC2)C(=O)Nc1ccc(N2CCOCC2)cc1. The molecule has 1 aliphatic carbocycles. The van der Waals surface area contributed by atoms with Crippen molar-refractivity contribution in [2.45, 2.75) is 38.7 Å². The fourth-order valence-electron chi connectivity index (χ4n) is 3.76. The maximum absolute atomic E-state index is 12.6. The van der Waals surface area contributed by atoms with E-state index in [-0.39, 0.29) is 5.91 Å². The van der Waals surface area contributed by atoms with Gasteiger partial charge in [-0.15, -0.1) is 11.3 Å². The molecule has 2 aromatic rings. The summed E-state index contributed by atoms with van der Waals surface area (Å²) in [5, 5.41) is 4.70. The van der Waals surface area contributed by atoms with Crippen LogP contribution in [0.5, 0.6) is 0 Å². The minimum atomic E-state index is -0.861. The van der Waals surface area contributed by atoms with Crippen molar-refractivity contribution in [1.82, 2.24) is 0 Å². The van der Waals surface area contributed by atoms with Crippen molar-refractivity contribution in [2.24, 2.45) is 0 Å². The number of aryl methyl sites for hydroxylation is 1. The van der Waals surface area contributed by atoms with Crippen LogP contribution in [0, 0.1) is 0 Å². The van der Waals surface area contributed by atoms with Crippen LogP contribution in [-0.2, 0) is 27.1 Å². The molecule has 7 heteroatoms. The van der Waals surface area contributed by atoms with Crippen LogP contribution < -0.4 is 10.2 Å². The smallest absolute Gasteiger partial charge is 0.340 e. The number of benzene rings is 1. The maximum Gasteiger partial charge on any atom is 0.340 e. The van der Waals surface area contributed by atoms with E-state index < -0.39 is 12.1 Å². The van der Waals surface area contributed by atoms with Gasteiger partial charge in [0.2, 0.25) is 0 Å². The van der Waals surface area contributed by atoms with Crippen LogP contribution in [0.1, 0.15) is 40.6 Å². The van der Waals surface area contributed by atoms with E-state index in [1.54, 1.807) is 18.3 Å². The summed E-state index contributed by atoms with van der Waals surface area (Å²) in [5.41, 5.74) is 3.52. The van der Waals surface area contributed by atoms with Crippen molar-refractivity contribution in [3.8, 4) is 0 Å². The van der Waals surface area contributed by atoms with Gasteiger partial charge in [0, 0.05) is 34.7 Å². The number of nitrogens with one attached hydrogen (secondary N) is 1. The Hall–Kier alpha value is -2.38. The molecule has 1 amide bonds. The van der Waals surface area contributed by atoms with E-state index in [2.05, 4.69) is 10.2 Å². The second-order valence-electron chi connectivity index (χ2n) is 7.44. The molecule has 4 rings (SSSR count). The molecule has 0 saturated carbocycles. The second kappa shape index (κ2) is 8.97. The number of ether oxygens (including phenoxy) is 2. The number of carbonyl (C=O) groups excluding carboxylic acids is 2. The minimum absolute atomic E-state index is 0.332. The lowest BCUT2D eigenvalue weighted by atomic mass is 9.96. The van der Waals surface area contributed by atoms with Crippen molar-refractivity contribution in [2.75, 3.05) is 36.5 Å². The fourth-order valence-corrected chi connectivity index (χ4v) is 4.88. The van der Waals surface area contributed by atoms with Gasteiger partial charge in [-0.3, -0.25) is 4.79 Å². The molecule has 1 aromatic carbocycles. The molecule has 1 aliphatic heterocycles. The van der Waals surface area contributed by atoms with Gasteiger partial charge in [-0.2, -0.15) is 0 Å². The number of nitrogens with zero attached hydrogens (tertiary/aromatic N) is 1. The van der Waals surface area contributed by atoms with E-state index in [9.17, 15) is 9.59 Å². The highest BCUT2D eigenvalue weighted by Gasteiger charge is 2.24. The highest BCUT2D eigenvalue weighted by molar-refractivity contribution is 7.10. The van der Waals surface area contributed by atoms with Crippen molar-refractivity contribution in [3.05, 3.63) is 45.6 Å². The lowest BCUT2D eigenvalue weighted by molar-refractivity contribution is -0.123. The standard InChI is InChI=1S/C22H26N2O4S/c1-15(28-22(26)19-14-29-20-5-3-2-4-18(19)20)21(25)23-16-6-8-17(9-7-16)24-10-12-27-13-11-24/h6-9,14-15H,2-5,10-13H2,1H3,(H,23,25)/t15-/m0/s1. The molecule has 0 radical (unpaired) electrons. The zero-order valence-electron chi connectivity index (χ0n) is 16.6. The van der Waals surface area contributed by atoms with Crippen molar-refractivity contribution in [3.63, 3.8) is 0 Å². The Morgan fingerprint density at radius 1 is 1.14 bits per heavy atom. The molecule has 1 saturated heterocycles. The van der Waals surface area contributed by atoms with E-state index in [1.807, 2.05) is 29.6 Å². The summed E-state index contributed by atoms with van der Waals surface area (Å²) in [7, 11) is 0. The van der Waals surface area contributed by atoms with Crippen molar-refractivity contribution in [1.29, 1.82) is 0 Å². The number of esters is 1. The first-order valence-corrected chi connectivity index (χ1v) is 11.0. The Morgan fingerprint density at radius 2 is 1.86 bits per heavy atom. The lowest BCUT2D eigenvalue weighted by Crippen LogP contribution is -2.36. The highest BCUT2D eigenvalue weighted by Crippen LogP contribution is 2.30. The third kappa shape index (κ3) is 4.62. The van der Waals surface area contributed by atoms with Crippen molar-refractivity contribution >= 4 is 34.6 Å². The van der Waals surface area contributed by atoms with Gasteiger partial charge in [-0.1, -0.05) is 0 Å². The molecule has 1 atom stereocenters. The Morgan fingerprint density at radius 3 is 2.62 bits per heavy atom. The van der Waals surface area contributed by atoms with Gasteiger partial charge in [0.05, 0.1) is 18.8 Å². The van der Waals surface area contributed by atoms with E-state index >= 15 is 0 Å². The lowest BCUT2D eigenvalue weighted by Gasteiger charge is -2.28. The van der Waals surface area contributed by atoms with Crippen LogP contribution in [0.25, 0.3) is 0 Å². The summed E-state index contributed by atoms with van der Waals surface area (Å²) >= 11 is 1.62. The van der Waals surface area contributed by atoms with Crippen LogP contribution >= 0.6 is 11.3 Å². The molecule has 0 spiro atoms. The van der Waals surface area contributed by atoms with E-state index in [1.165, 1.54) is 11.3 Å². The molecule has 2 aliphatic rings. The molecule has 1 N–H and O–H groups in total. The fraction of sp³-hybridized carbons (Fsp3) is 0.455. The average molecular weight is 415 g/mol. The zero-order valence-corrected chi connectivity index (χ0v) is 17.4. The van der Waals surface area contributed by atoms with Crippen LogP contribution in [0.4, 0.5) is 11.4 Å². The normalized spacial score (nSPS) is 17.3. The largest absolute Gasteiger partial charge is 0.449 e. The number of hydrogen-bond acceptors (Lipinski definition) is 6. The molecule has 29 heavy (non-hydrogen) atoms. The molecule has 1 aromatic heterocycles. The highest BCUT2D eigenvalue weighted by atomic mass is 32.1. The summed E-state index contributed by atoms with van der Waals surface area (Å²) in [6, 6.07) is 7.70. The van der Waals surface area contributed by atoms with E-state index in [4.69, 9.17) is 9.47 Å². The minimum Gasteiger partial charge on any atom is -0.449 e. The molecule has 2 heterocycles. The monoisotopic (exact) mass is 414 g/mol. The summed E-state index contributed by atoms with van der Waals surface area (Å²) in [5.74, 6) is -0.740. The zero-order chi connectivity index (χ0) is 20.2. The van der Waals surface area contributed by atoms with Crippen LogP contribution in [0.3, 0.4) is 0 Å². The first-order chi connectivity index (χ1) is 14.1. The van der Waals surface area contributed by atoms with Gasteiger partial charge in [-0.25, -0.2) is 4.79 Å². The molecule has 154 valence electrons. The topological polar surface area (TPSA) is 67.9 Å². The van der Waals surface area contributed by atoms with Crippen molar-refractivity contribution < 1.29 is 19.1 Å². The third-order valence-electron chi connectivity index (χ3n) is 5.45. The molecule has 6 nitrogen and oxygen atoms in total. The van der Waals surface area contributed by atoms with E-state index in [0.717, 1.165) is 56.8 Å². The number of fused-ring (bicyclic) bond motifs is 1. The van der Waals surface area contributed by atoms with Crippen LogP contribution in [0.2, 0.25) is 0 Å². The first kappa shape index (κ1) is 19.9. The Kier molecular flexibility index (Phi) is 6.16. The quantitative estimate of drug-likeness (QED) is 0.757. The van der Waals surface area contributed by atoms with Gasteiger partial charge in [0.1, 0.15) is 0 Å². The Balaban J connectivity index is 1.33. The maximum atomic E-state index is 12.6. The number of rotatable bonds is 5. The second-order valence-corrected chi connectivity index (χ2v) is 8.41. The number of amides is 1. The van der Waals surface area contributed by atoms with Gasteiger partial charge >= 0.3 is 5.97 Å². The number of anilines is 2. The van der Waals surface area contributed by atoms with Gasteiger partial charge < -0.3 is 19.7 Å². The predicted octanol–water partition coefficient (Wildman–Crippen LogP) is 3.65. The summed E-state index contributed by atoms with van der Waals surface area (Å²) in [6.45, 7) is 4.80. The molecule has 1 fully saturated rings. The Bertz CT molecular complexity index is 871. The van der Waals surface area contributed by atoms with Crippen LogP contribution in [-0.4, -0.2) is 44.3 Å². The van der Waals surface area contributed by atoms with Gasteiger partial charge in [0.25, 0.3) is 5.91 Å². The molecular formula is C22H26N2O4S. The number of morpholine rings is 1. The molecule has 0 unspecified atom stereocenters. The van der Waals surface area contributed by atoms with Crippen LogP contribution in [0.15, 0.2) is 29.6 Å². The van der Waals surface area contributed by atoms with E-state index in [0.29, 0.717) is 11.3 Å². The summed E-state index contributed by atoms with van der Waals surface area (Å²) < 4.78 is 10.8. The average Bonchev–Trinajstić information content (AvgIpc) is 3.19.